The molecule has 0 saturated heterocycles. The molecule has 32 heavy (non-hydrogen) atoms. The fourth-order valence-electron chi connectivity index (χ4n) is 3.23. The largest absolute Gasteiger partial charge is 0.442 e. The van der Waals surface area contributed by atoms with Crippen molar-refractivity contribution in [2.45, 2.75) is 32.6 Å². The molecule has 3 aromatic rings. The summed E-state index contributed by atoms with van der Waals surface area (Å²) in [6.45, 7) is 3.76. The van der Waals surface area contributed by atoms with Gasteiger partial charge in [0, 0.05) is 24.8 Å². The predicted octanol–water partition coefficient (Wildman–Crippen LogP) is 3.85. The highest BCUT2D eigenvalue weighted by Gasteiger charge is 2.17. The zero-order valence-electron chi connectivity index (χ0n) is 18.1. The van der Waals surface area contributed by atoms with Gasteiger partial charge in [0.05, 0.1) is 6.10 Å². The van der Waals surface area contributed by atoms with Crippen LogP contribution in [0, 0.1) is 0 Å². The Morgan fingerprint density at radius 3 is 2.38 bits per heavy atom. The minimum Gasteiger partial charge on any atom is -0.442 e. The first-order valence-corrected chi connectivity index (χ1v) is 10.4. The number of ether oxygens (including phenoxy) is 1. The van der Waals surface area contributed by atoms with Crippen LogP contribution in [0.2, 0.25) is 0 Å². The van der Waals surface area contributed by atoms with Gasteiger partial charge >= 0.3 is 6.09 Å². The Bertz CT molecular complexity index is 1050. The molecule has 0 aliphatic carbocycles. The topological polar surface area (TPSA) is 101 Å². The molecule has 1 aromatic heterocycles. The zero-order valence-corrected chi connectivity index (χ0v) is 18.1. The number of nitrogens with zero attached hydrogens (tertiary/aromatic N) is 1. The van der Waals surface area contributed by atoms with Crippen LogP contribution in [0.15, 0.2) is 72.9 Å². The van der Waals surface area contributed by atoms with Crippen LogP contribution in [0.3, 0.4) is 0 Å². The van der Waals surface area contributed by atoms with Crippen molar-refractivity contribution >= 4 is 12.0 Å². The summed E-state index contributed by atoms with van der Waals surface area (Å²) >= 11 is 0. The van der Waals surface area contributed by atoms with Crippen molar-refractivity contribution in [3.8, 4) is 11.1 Å². The average Bonchev–Trinajstić information content (AvgIpc) is 2.82. The highest BCUT2D eigenvalue weighted by atomic mass is 16.6. The molecule has 0 saturated carbocycles. The standard InChI is InChI=1S/C25H27N3O4/c1-17(29)15-27-24(30)23-22(13-8-14-26-23)21-12-7-6-11-20(21)16-28-25(31)32-18(2)19-9-4-3-5-10-19/h3-14,17-18,29H,15-16H2,1-2H3,(H,27,30)(H,28,31)/t17-,18+/m1/s1. The first-order valence-electron chi connectivity index (χ1n) is 10.4. The molecule has 2 atom stereocenters. The summed E-state index contributed by atoms with van der Waals surface area (Å²) in [4.78, 5) is 29.2. The number of benzene rings is 2. The molecular formula is C25H27N3O4. The van der Waals surface area contributed by atoms with Crippen molar-refractivity contribution in [2.75, 3.05) is 6.54 Å². The monoisotopic (exact) mass is 433 g/mol. The van der Waals surface area contributed by atoms with Gasteiger partial charge in [0.2, 0.25) is 0 Å². The Labute approximate surface area is 187 Å². The Balaban J connectivity index is 1.73. The van der Waals surface area contributed by atoms with Crippen LogP contribution >= 0.6 is 0 Å². The maximum absolute atomic E-state index is 12.6. The number of aliphatic hydroxyl groups excluding tert-OH is 1. The number of pyridine rings is 1. The molecule has 166 valence electrons. The van der Waals surface area contributed by atoms with E-state index in [0.717, 1.165) is 16.7 Å². The number of carbonyl (C=O) groups excluding carboxylic acids is 2. The SMILES string of the molecule is C[C@H](OC(=O)NCc1ccccc1-c1cccnc1C(=O)NC[C@@H](C)O)c1ccccc1. The molecule has 0 radical (unpaired) electrons. The summed E-state index contributed by atoms with van der Waals surface area (Å²) in [5, 5.41) is 14.9. The quantitative estimate of drug-likeness (QED) is 0.501. The Morgan fingerprint density at radius 1 is 0.938 bits per heavy atom. The molecule has 0 aliphatic rings. The van der Waals surface area contributed by atoms with Crippen molar-refractivity contribution in [3.05, 3.63) is 89.7 Å². The van der Waals surface area contributed by atoms with Crippen LogP contribution in [0.5, 0.6) is 0 Å². The number of amides is 2. The molecule has 0 bridgehead atoms. The van der Waals surface area contributed by atoms with E-state index in [-0.39, 0.29) is 30.8 Å². The average molecular weight is 434 g/mol. The van der Waals surface area contributed by atoms with Crippen LogP contribution in [-0.4, -0.2) is 34.7 Å². The molecule has 3 rings (SSSR count). The maximum atomic E-state index is 12.6. The van der Waals surface area contributed by atoms with E-state index >= 15 is 0 Å². The number of hydrogen-bond donors (Lipinski definition) is 3. The van der Waals surface area contributed by atoms with Gasteiger partial charge in [-0.15, -0.1) is 0 Å². The van der Waals surface area contributed by atoms with E-state index in [4.69, 9.17) is 4.74 Å². The van der Waals surface area contributed by atoms with Crippen LogP contribution < -0.4 is 10.6 Å². The Morgan fingerprint density at radius 2 is 1.62 bits per heavy atom. The van der Waals surface area contributed by atoms with Crippen molar-refractivity contribution in [3.63, 3.8) is 0 Å². The number of hydrogen-bond acceptors (Lipinski definition) is 5. The lowest BCUT2D eigenvalue weighted by molar-refractivity contribution is 0.0919. The molecule has 7 heteroatoms. The summed E-state index contributed by atoms with van der Waals surface area (Å²) in [6.07, 6.45) is -0.0256. The van der Waals surface area contributed by atoms with Gasteiger partial charge in [-0.1, -0.05) is 60.7 Å². The third-order valence-electron chi connectivity index (χ3n) is 4.86. The van der Waals surface area contributed by atoms with Crippen molar-refractivity contribution < 1.29 is 19.4 Å². The number of alkyl carbamates (subject to hydrolysis) is 1. The maximum Gasteiger partial charge on any atom is 0.408 e. The third-order valence-corrected chi connectivity index (χ3v) is 4.86. The van der Waals surface area contributed by atoms with Crippen molar-refractivity contribution in [1.82, 2.24) is 15.6 Å². The predicted molar refractivity (Wildman–Crippen MR) is 122 cm³/mol. The molecule has 7 nitrogen and oxygen atoms in total. The highest BCUT2D eigenvalue weighted by Crippen LogP contribution is 2.26. The number of rotatable bonds is 8. The van der Waals surface area contributed by atoms with E-state index in [1.807, 2.05) is 61.5 Å². The number of aliphatic hydroxyl groups is 1. The van der Waals surface area contributed by atoms with Gasteiger partial charge in [-0.2, -0.15) is 0 Å². The molecular weight excluding hydrogens is 406 g/mol. The van der Waals surface area contributed by atoms with Crippen molar-refractivity contribution in [1.29, 1.82) is 0 Å². The lowest BCUT2D eigenvalue weighted by Crippen LogP contribution is -2.31. The summed E-state index contributed by atoms with van der Waals surface area (Å²) in [5.74, 6) is -0.375. The lowest BCUT2D eigenvalue weighted by atomic mass is 9.98. The molecule has 3 N–H and O–H groups in total. The second-order valence-electron chi connectivity index (χ2n) is 7.43. The first-order chi connectivity index (χ1) is 15.5. The summed E-state index contributed by atoms with van der Waals surface area (Å²) in [6, 6.07) is 20.5. The Kier molecular flexibility index (Phi) is 7.94. The van der Waals surface area contributed by atoms with Gasteiger partial charge in [-0.25, -0.2) is 4.79 Å². The van der Waals surface area contributed by atoms with Gasteiger partial charge in [0.15, 0.2) is 0 Å². The summed E-state index contributed by atoms with van der Waals surface area (Å²) < 4.78 is 5.47. The van der Waals surface area contributed by atoms with E-state index in [1.165, 1.54) is 0 Å². The molecule has 0 unspecified atom stereocenters. The fraction of sp³-hybridized carbons (Fsp3) is 0.240. The normalized spacial score (nSPS) is 12.5. The van der Waals surface area contributed by atoms with E-state index in [2.05, 4.69) is 15.6 Å². The first kappa shape index (κ1) is 23.0. The van der Waals surface area contributed by atoms with Gasteiger partial charge in [0.1, 0.15) is 11.8 Å². The minimum atomic E-state index is -0.660. The molecule has 2 amide bonds. The van der Waals surface area contributed by atoms with Crippen LogP contribution in [0.25, 0.3) is 11.1 Å². The number of carbonyl (C=O) groups is 2. The van der Waals surface area contributed by atoms with Crippen LogP contribution in [-0.2, 0) is 11.3 Å². The summed E-state index contributed by atoms with van der Waals surface area (Å²) in [5.41, 5.74) is 3.39. The van der Waals surface area contributed by atoms with Gasteiger partial charge in [0.25, 0.3) is 5.91 Å². The van der Waals surface area contributed by atoms with Gasteiger partial charge in [-0.05, 0) is 36.6 Å². The van der Waals surface area contributed by atoms with Crippen molar-refractivity contribution in [2.24, 2.45) is 0 Å². The van der Waals surface area contributed by atoms with E-state index in [9.17, 15) is 14.7 Å². The Hall–Kier alpha value is -3.71. The second kappa shape index (κ2) is 11.1. The molecule has 0 aliphatic heterocycles. The lowest BCUT2D eigenvalue weighted by Gasteiger charge is -2.16. The zero-order chi connectivity index (χ0) is 22.9. The molecule has 0 fully saturated rings. The third kappa shape index (κ3) is 6.15. The summed E-state index contributed by atoms with van der Waals surface area (Å²) in [7, 11) is 0. The van der Waals surface area contributed by atoms with E-state index in [0.29, 0.717) is 5.56 Å². The highest BCUT2D eigenvalue weighted by molar-refractivity contribution is 5.99. The van der Waals surface area contributed by atoms with E-state index < -0.39 is 12.2 Å². The molecule has 2 aromatic carbocycles. The smallest absolute Gasteiger partial charge is 0.408 e. The van der Waals surface area contributed by atoms with Gasteiger partial charge < -0.3 is 20.5 Å². The van der Waals surface area contributed by atoms with Crippen LogP contribution in [0.1, 0.15) is 41.6 Å². The minimum absolute atomic E-state index is 0.128. The fourth-order valence-corrected chi connectivity index (χ4v) is 3.23. The van der Waals surface area contributed by atoms with Crippen LogP contribution in [0.4, 0.5) is 4.79 Å². The van der Waals surface area contributed by atoms with E-state index in [1.54, 1.807) is 25.3 Å². The number of nitrogens with one attached hydrogen (secondary N) is 2. The molecule has 0 spiro atoms. The molecule has 1 heterocycles. The second-order valence-corrected chi connectivity index (χ2v) is 7.43. The number of aromatic nitrogens is 1. The van der Waals surface area contributed by atoms with Gasteiger partial charge in [-0.3, -0.25) is 9.78 Å².